The summed E-state index contributed by atoms with van der Waals surface area (Å²) < 4.78 is 6.88. The largest absolute Gasteiger partial charge is 0.508 e. The van der Waals surface area contributed by atoms with Crippen molar-refractivity contribution in [2.75, 3.05) is 13.1 Å². The van der Waals surface area contributed by atoms with Crippen LogP contribution in [0.2, 0.25) is 0 Å². The van der Waals surface area contributed by atoms with Crippen LogP contribution >= 0.6 is 11.3 Å². The second-order valence-corrected chi connectivity index (χ2v) is 9.73. The van der Waals surface area contributed by atoms with Gasteiger partial charge in [-0.15, -0.1) is 11.3 Å². The second-order valence-electron chi connectivity index (χ2n) is 8.67. The highest BCUT2D eigenvalue weighted by atomic mass is 32.1. The van der Waals surface area contributed by atoms with Crippen LogP contribution in [0, 0.1) is 0 Å². The number of phenols is 2. The average Bonchev–Trinajstić information content (AvgIpc) is 3.14. The van der Waals surface area contributed by atoms with Crippen LogP contribution in [0.4, 0.5) is 0 Å². The molecule has 3 aromatic carbocycles. The fraction of sp³-hybridized carbons (Fsp3) is 0.222. The summed E-state index contributed by atoms with van der Waals surface area (Å²) >= 11 is 1.45. The number of fused-ring (bicyclic) bond motifs is 1. The number of ketones is 1. The first-order valence-corrected chi connectivity index (χ1v) is 11.8. The Kier molecular flexibility index (Phi) is 5.56. The van der Waals surface area contributed by atoms with Crippen molar-refractivity contribution < 1.29 is 19.7 Å². The van der Waals surface area contributed by atoms with Crippen LogP contribution < -0.4 is 4.74 Å². The summed E-state index contributed by atoms with van der Waals surface area (Å²) in [5.74, 6) is 1.01. The van der Waals surface area contributed by atoms with E-state index < -0.39 is 0 Å². The van der Waals surface area contributed by atoms with Gasteiger partial charge in [-0.3, -0.25) is 9.69 Å². The second kappa shape index (κ2) is 8.54. The minimum atomic E-state index is -0.0869. The van der Waals surface area contributed by atoms with Crippen molar-refractivity contribution in [3.05, 3.63) is 77.9 Å². The van der Waals surface area contributed by atoms with Crippen LogP contribution in [-0.4, -0.2) is 46.1 Å². The fourth-order valence-electron chi connectivity index (χ4n) is 4.11. The van der Waals surface area contributed by atoms with Crippen molar-refractivity contribution >= 4 is 27.2 Å². The lowest BCUT2D eigenvalue weighted by molar-refractivity contribution is 0.000150. The SMILES string of the molecule is CC(C)N1CC(Oc2ccc(C(=O)c3c(-c4ccc(O)cc4)sc4cc(O)ccc34)cc2)C1. The smallest absolute Gasteiger partial charge is 0.195 e. The molecule has 6 heteroatoms. The summed E-state index contributed by atoms with van der Waals surface area (Å²) in [6.07, 6.45) is 0.184. The molecule has 1 aliphatic heterocycles. The van der Waals surface area contributed by atoms with Crippen molar-refractivity contribution in [3.8, 4) is 27.7 Å². The molecule has 1 fully saturated rings. The topological polar surface area (TPSA) is 70.0 Å². The number of ether oxygens (including phenoxy) is 1. The van der Waals surface area contributed by atoms with Crippen molar-refractivity contribution in [1.82, 2.24) is 4.90 Å². The lowest BCUT2D eigenvalue weighted by Gasteiger charge is -2.41. The van der Waals surface area contributed by atoms with E-state index in [4.69, 9.17) is 4.74 Å². The third-order valence-corrected chi connectivity index (χ3v) is 7.26. The zero-order valence-corrected chi connectivity index (χ0v) is 19.3. The van der Waals surface area contributed by atoms with E-state index in [0.29, 0.717) is 17.2 Å². The fourth-order valence-corrected chi connectivity index (χ4v) is 5.35. The number of likely N-dealkylation sites (tertiary alicyclic amines) is 1. The molecular formula is C27H25NO4S. The Morgan fingerprint density at radius 2 is 1.64 bits per heavy atom. The van der Waals surface area contributed by atoms with E-state index in [1.54, 1.807) is 54.6 Å². The molecule has 0 saturated carbocycles. The van der Waals surface area contributed by atoms with Crippen LogP contribution in [0.25, 0.3) is 20.5 Å². The van der Waals surface area contributed by atoms with Gasteiger partial charge in [0.25, 0.3) is 0 Å². The molecule has 4 aromatic rings. The lowest BCUT2D eigenvalue weighted by atomic mass is 9.97. The average molecular weight is 460 g/mol. The number of benzene rings is 3. The van der Waals surface area contributed by atoms with E-state index in [-0.39, 0.29) is 23.4 Å². The van der Waals surface area contributed by atoms with Gasteiger partial charge >= 0.3 is 0 Å². The molecule has 2 heterocycles. The number of phenolic OH excluding ortho intramolecular Hbond substituents is 2. The minimum absolute atomic E-state index is 0.0869. The van der Waals surface area contributed by atoms with Gasteiger partial charge in [0.2, 0.25) is 0 Å². The highest BCUT2D eigenvalue weighted by molar-refractivity contribution is 7.22. The molecule has 168 valence electrons. The standard InChI is InChI=1S/C27H25NO4S/c1-16(2)28-14-22(15-28)32-21-10-5-17(6-11-21)26(31)25-23-12-9-20(30)13-24(23)33-27(25)18-3-7-19(29)8-4-18/h3-13,16,22,29-30H,14-15H2,1-2H3. The van der Waals surface area contributed by atoms with Crippen LogP contribution in [-0.2, 0) is 0 Å². The molecule has 0 unspecified atom stereocenters. The Morgan fingerprint density at radius 3 is 2.30 bits per heavy atom. The number of thiophene rings is 1. The first kappa shape index (κ1) is 21.5. The van der Waals surface area contributed by atoms with E-state index in [9.17, 15) is 15.0 Å². The minimum Gasteiger partial charge on any atom is -0.508 e. The first-order chi connectivity index (χ1) is 15.9. The zero-order chi connectivity index (χ0) is 23.1. The Bertz CT molecular complexity index is 1300. The number of nitrogens with zero attached hydrogens (tertiary/aromatic N) is 1. The van der Waals surface area contributed by atoms with Gasteiger partial charge in [-0.1, -0.05) is 0 Å². The molecule has 0 aliphatic carbocycles. The van der Waals surface area contributed by atoms with E-state index in [2.05, 4.69) is 18.7 Å². The Hall–Kier alpha value is -3.35. The maximum atomic E-state index is 13.6. The van der Waals surface area contributed by atoms with Gasteiger partial charge in [0.1, 0.15) is 23.4 Å². The van der Waals surface area contributed by atoms with Crippen LogP contribution in [0.3, 0.4) is 0 Å². The highest BCUT2D eigenvalue weighted by Gasteiger charge is 2.30. The van der Waals surface area contributed by atoms with Gasteiger partial charge in [-0.05, 0) is 86.1 Å². The summed E-state index contributed by atoms with van der Waals surface area (Å²) in [4.78, 5) is 16.8. The van der Waals surface area contributed by atoms with Gasteiger partial charge in [0.15, 0.2) is 5.78 Å². The molecule has 1 aromatic heterocycles. The van der Waals surface area contributed by atoms with Crippen LogP contribution in [0.1, 0.15) is 29.8 Å². The van der Waals surface area contributed by atoms with E-state index in [1.165, 1.54) is 11.3 Å². The summed E-state index contributed by atoms with van der Waals surface area (Å²) in [6, 6.07) is 19.7. The first-order valence-electron chi connectivity index (χ1n) is 11.0. The van der Waals surface area contributed by atoms with Gasteiger partial charge in [-0.2, -0.15) is 0 Å². The molecule has 1 saturated heterocycles. The normalized spacial score (nSPS) is 14.5. The van der Waals surface area contributed by atoms with E-state index >= 15 is 0 Å². The quantitative estimate of drug-likeness (QED) is 0.363. The summed E-state index contributed by atoms with van der Waals surface area (Å²) in [5.41, 5.74) is 2.02. The predicted octanol–water partition coefficient (Wildman–Crippen LogP) is 5.68. The molecule has 0 atom stereocenters. The Balaban J connectivity index is 1.45. The molecule has 0 bridgehead atoms. The van der Waals surface area contributed by atoms with Gasteiger partial charge < -0.3 is 14.9 Å². The molecule has 33 heavy (non-hydrogen) atoms. The van der Waals surface area contributed by atoms with Crippen molar-refractivity contribution in [3.63, 3.8) is 0 Å². The van der Waals surface area contributed by atoms with Crippen molar-refractivity contribution in [2.24, 2.45) is 0 Å². The van der Waals surface area contributed by atoms with Gasteiger partial charge in [-0.25, -0.2) is 0 Å². The zero-order valence-electron chi connectivity index (χ0n) is 18.5. The number of hydrogen-bond donors (Lipinski definition) is 2. The van der Waals surface area contributed by atoms with Gasteiger partial charge in [0, 0.05) is 45.2 Å². The number of carbonyl (C=O) groups excluding carboxylic acids is 1. The third-order valence-electron chi connectivity index (χ3n) is 6.06. The maximum absolute atomic E-state index is 13.6. The number of rotatable bonds is 6. The molecule has 0 radical (unpaired) electrons. The monoisotopic (exact) mass is 459 g/mol. The summed E-state index contributed by atoms with van der Waals surface area (Å²) in [5, 5.41) is 20.4. The summed E-state index contributed by atoms with van der Waals surface area (Å²) in [7, 11) is 0. The Labute approximate surface area is 196 Å². The van der Waals surface area contributed by atoms with Crippen LogP contribution in [0.15, 0.2) is 66.7 Å². The molecule has 0 spiro atoms. The highest BCUT2D eigenvalue weighted by Crippen LogP contribution is 2.41. The number of aromatic hydroxyl groups is 2. The molecule has 1 aliphatic rings. The predicted molar refractivity (Wildman–Crippen MR) is 132 cm³/mol. The molecule has 0 amide bonds. The molecule has 5 rings (SSSR count). The van der Waals surface area contributed by atoms with Gasteiger partial charge in [0.05, 0.1) is 0 Å². The number of hydrogen-bond acceptors (Lipinski definition) is 6. The molecule has 5 nitrogen and oxygen atoms in total. The third kappa shape index (κ3) is 4.19. The van der Waals surface area contributed by atoms with E-state index in [0.717, 1.165) is 39.4 Å². The summed E-state index contributed by atoms with van der Waals surface area (Å²) in [6.45, 7) is 6.20. The molecular weight excluding hydrogens is 434 g/mol. The van der Waals surface area contributed by atoms with Crippen LogP contribution in [0.5, 0.6) is 17.2 Å². The van der Waals surface area contributed by atoms with Crippen molar-refractivity contribution in [1.29, 1.82) is 0 Å². The number of carbonyl (C=O) groups is 1. The maximum Gasteiger partial charge on any atom is 0.195 e. The lowest BCUT2D eigenvalue weighted by Crippen LogP contribution is -2.56. The molecule has 2 N–H and O–H groups in total. The Morgan fingerprint density at radius 1 is 0.970 bits per heavy atom. The van der Waals surface area contributed by atoms with E-state index in [1.807, 2.05) is 12.1 Å². The van der Waals surface area contributed by atoms with Crippen molar-refractivity contribution in [2.45, 2.75) is 26.0 Å².